The Bertz CT molecular complexity index is 871. The first-order chi connectivity index (χ1) is 11.4. The summed E-state index contributed by atoms with van der Waals surface area (Å²) in [6, 6.07) is 10.6. The number of fused-ring (bicyclic) bond motifs is 1. The highest BCUT2D eigenvalue weighted by Crippen LogP contribution is 2.22. The van der Waals surface area contributed by atoms with Gasteiger partial charge in [-0.2, -0.15) is 0 Å². The van der Waals surface area contributed by atoms with E-state index in [1.165, 1.54) is 24.7 Å². The monoisotopic (exact) mass is 322 g/mol. The Kier molecular flexibility index (Phi) is 3.93. The number of carbonyl (C=O) groups excluding carboxylic acids is 3. The van der Waals surface area contributed by atoms with Gasteiger partial charge in [0.1, 0.15) is 0 Å². The summed E-state index contributed by atoms with van der Waals surface area (Å²) in [5.74, 6) is -0.983. The smallest absolute Gasteiger partial charge is 0.261 e. The molecule has 0 saturated carbocycles. The molecule has 2 aromatic rings. The molecule has 5 heteroatoms. The number of rotatable bonds is 3. The summed E-state index contributed by atoms with van der Waals surface area (Å²) in [4.78, 5) is 37.3. The second-order valence-electron chi connectivity index (χ2n) is 6.04. The van der Waals surface area contributed by atoms with Crippen LogP contribution in [-0.4, -0.2) is 29.7 Å². The fourth-order valence-corrected chi connectivity index (χ4v) is 2.82. The molecule has 1 N–H and O–H groups in total. The molecule has 1 aliphatic rings. The van der Waals surface area contributed by atoms with Gasteiger partial charge in [-0.15, -0.1) is 0 Å². The van der Waals surface area contributed by atoms with Crippen molar-refractivity contribution in [1.82, 2.24) is 10.2 Å². The zero-order valence-corrected chi connectivity index (χ0v) is 13.8. The molecule has 1 heterocycles. The van der Waals surface area contributed by atoms with E-state index >= 15 is 0 Å². The minimum atomic E-state index is -0.376. The van der Waals surface area contributed by atoms with E-state index < -0.39 is 0 Å². The Labute approximate surface area is 140 Å². The molecule has 0 bridgehead atoms. The number of amides is 3. The van der Waals surface area contributed by atoms with Crippen LogP contribution in [0.3, 0.4) is 0 Å². The van der Waals surface area contributed by atoms with E-state index in [1.54, 1.807) is 6.07 Å². The summed E-state index contributed by atoms with van der Waals surface area (Å²) in [5, 5.41) is 2.86. The topological polar surface area (TPSA) is 66.5 Å². The number of hydrogen-bond acceptors (Lipinski definition) is 3. The molecule has 0 aromatic heterocycles. The van der Waals surface area contributed by atoms with Gasteiger partial charge in [-0.1, -0.05) is 23.8 Å². The third kappa shape index (κ3) is 2.69. The van der Waals surface area contributed by atoms with Crippen molar-refractivity contribution in [3.63, 3.8) is 0 Å². The van der Waals surface area contributed by atoms with Gasteiger partial charge in [0.2, 0.25) is 0 Å². The Morgan fingerprint density at radius 2 is 1.71 bits per heavy atom. The highest BCUT2D eigenvalue weighted by atomic mass is 16.2. The van der Waals surface area contributed by atoms with Gasteiger partial charge in [0, 0.05) is 19.2 Å². The maximum atomic E-state index is 12.3. The highest BCUT2D eigenvalue weighted by molar-refractivity contribution is 6.21. The Morgan fingerprint density at radius 3 is 2.42 bits per heavy atom. The van der Waals surface area contributed by atoms with Crippen molar-refractivity contribution in [3.8, 4) is 0 Å². The van der Waals surface area contributed by atoms with Crippen LogP contribution in [0.1, 0.15) is 47.8 Å². The van der Waals surface area contributed by atoms with Crippen LogP contribution in [0.15, 0.2) is 36.4 Å². The first-order valence-corrected chi connectivity index (χ1v) is 7.69. The lowest BCUT2D eigenvalue weighted by Crippen LogP contribution is -2.24. The van der Waals surface area contributed by atoms with Gasteiger partial charge >= 0.3 is 0 Å². The minimum Gasteiger partial charge on any atom is -0.348 e. The van der Waals surface area contributed by atoms with Gasteiger partial charge in [0.25, 0.3) is 17.7 Å². The van der Waals surface area contributed by atoms with Crippen LogP contribution in [0.4, 0.5) is 0 Å². The van der Waals surface area contributed by atoms with Crippen LogP contribution in [0.25, 0.3) is 0 Å². The van der Waals surface area contributed by atoms with Crippen molar-refractivity contribution in [1.29, 1.82) is 0 Å². The lowest BCUT2D eigenvalue weighted by molar-refractivity contribution is 0.0693. The van der Waals surface area contributed by atoms with Crippen LogP contribution in [-0.2, 0) is 6.54 Å². The molecule has 3 rings (SSSR count). The van der Waals surface area contributed by atoms with Gasteiger partial charge in [0.15, 0.2) is 0 Å². The number of benzene rings is 2. The van der Waals surface area contributed by atoms with Crippen molar-refractivity contribution in [2.75, 3.05) is 7.05 Å². The van der Waals surface area contributed by atoms with Crippen molar-refractivity contribution >= 4 is 17.7 Å². The number of aryl methyl sites for hydroxylation is 2. The maximum Gasteiger partial charge on any atom is 0.261 e. The van der Waals surface area contributed by atoms with Crippen LogP contribution in [0.5, 0.6) is 0 Å². The summed E-state index contributed by atoms with van der Waals surface area (Å²) in [7, 11) is 1.44. The van der Waals surface area contributed by atoms with E-state index in [2.05, 4.69) is 11.4 Å². The van der Waals surface area contributed by atoms with Gasteiger partial charge in [-0.05, 0) is 43.2 Å². The molecule has 0 atom stereocenters. The molecule has 24 heavy (non-hydrogen) atoms. The van der Waals surface area contributed by atoms with Crippen molar-refractivity contribution < 1.29 is 14.4 Å². The fraction of sp³-hybridized carbons (Fsp3) is 0.211. The lowest BCUT2D eigenvalue weighted by Gasteiger charge is -2.09. The maximum absolute atomic E-state index is 12.3. The van der Waals surface area contributed by atoms with Crippen LogP contribution in [0.2, 0.25) is 0 Å². The zero-order chi connectivity index (χ0) is 17.4. The highest BCUT2D eigenvalue weighted by Gasteiger charge is 2.33. The molecule has 0 aliphatic carbocycles. The number of imide groups is 1. The average Bonchev–Trinajstić information content (AvgIpc) is 2.78. The van der Waals surface area contributed by atoms with Crippen LogP contribution >= 0.6 is 0 Å². The standard InChI is InChI=1S/C19H18N2O3/c1-11-4-5-14(12(2)8-11)10-20-17(22)13-6-7-15-16(9-13)19(24)21(3)18(15)23/h4-9H,10H2,1-3H3,(H,20,22). The van der Waals surface area contributed by atoms with Gasteiger partial charge < -0.3 is 5.32 Å². The number of carbonyl (C=O) groups is 3. The third-order valence-electron chi connectivity index (χ3n) is 4.29. The summed E-state index contributed by atoms with van der Waals surface area (Å²) in [6.07, 6.45) is 0. The zero-order valence-electron chi connectivity index (χ0n) is 13.8. The predicted octanol–water partition coefficient (Wildman–Crippen LogP) is 2.46. The summed E-state index contributed by atoms with van der Waals surface area (Å²) < 4.78 is 0. The van der Waals surface area contributed by atoms with Crippen molar-refractivity contribution in [2.24, 2.45) is 0 Å². The van der Waals surface area contributed by atoms with Crippen LogP contribution < -0.4 is 5.32 Å². The van der Waals surface area contributed by atoms with Crippen molar-refractivity contribution in [3.05, 3.63) is 69.8 Å². The molecule has 0 fully saturated rings. The molecule has 3 amide bonds. The van der Waals surface area contributed by atoms with E-state index in [1.807, 2.05) is 26.0 Å². The molecule has 0 spiro atoms. The van der Waals surface area contributed by atoms with E-state index in [0.29, 0.717) is 17.7 Å². The van der Waals surface area contributed by atoms with E-state index in [0.717, 1.165) is 16.0 Å². The molecule has 0 unspecified atom stereocenters. The molecule has 0 saturated heterocycles. The van der Waals surface area contributed by atoms with Crippen LogP contribution in [0, 0.1) is 13.8 Å². The molecule has 5 nitrogen and oxygen atoms in total. The SMILES string of the molecule is Cc1ccc(CNC(=O)c2ccc3c(c2)C(=O)N(C)C3=O)c(C)c1. The van der Waals surface area contributed by atoms with Gasteiger partial charge in [-0.3, -0.25) is 19.3 Å². The minimum absolute atomic E-state index is 0.271. The number of nitrogens with zero attached hydrogens (tertiary/aromatic N) is 1. The molecule has 122 valence electrons. The first kappa shape index (κ1) is 15.9. The average molecular weight is 322 g/mol. The van der Waals surface area contributed by atoms with Crippen molar-refractivity contribution in [2.45, 2.75) is 20.4 Å². The largest absolute Gasteiger partial charge is 0.348 e. The van der Waals surface area contributed by atoms with E-state index in [9.17, 15) is 14.4 Å². The van der Waals surface area contributed by atoms with Gasteiger partial charge in [0.05, 0.1) is 11.1 Å². The molecular weight excluding hydrogens is 304 g/mol. The Morgan fingerprint density at radius 1 is 1.00 bits per heavy atom. The molecule has 0 radical (unpaired) electrons. The Balaban J connectivity index is 1.77. The lowest BCUT2D eigenvalue weighted by atomic mass is 10.0. The first-order valence-electron chi connectivity index (χ1n) is 7.69. The quantitative estimate of drug-likeness (QED) is 0.883. The summed E-state index contributed by atoms with van der Waals surface area (Å²) >= 11 is 0. The number of hydrogen-bond donors (Lipinski definition) is 1. The normalized spacial score (nSPS) is 13.2. The second-order valence-corrected chi connectivity index (χ2v) is 6.04. The second kappa shape index (κ2) is 5.92. The fourth-order valence-electron chi connectivity index (χ4n) is 2.82. The predicted molar refractivity (Wildman–Crippen MR) is 90.0 cm³/mol. The number of nitrogens with one attached hydrogen (secondary N) is 1. The summed E-state index contributed by atoms with van der Waals surface area (Å²) in [6.45, 7) is 4.44. The van der Waals surface area contributed by atoms with E-state index in [4.69, 9.17) is 0 Å². The molecular formula is C19H18N2O3. The Hall–Kier alpha value is -2.95. The van der Waals surface area contributed by atoms with Gasteiger partial charge in [-0.25, -0.2) is 0 Å². The van der Waals surface area contributed by atoms with E-state index in [-0.39, 0.29) is 23.3 Å². The summed E-state index contributed by atoms with van der Waals surface area (Å²) in [5.41, 5.74) is 4.33. The third-order valence-corrected chi connectivity index (χ3v) is 4.29. The molecule has 2 aromatic carbocycles. The molecule has 1 aliphatic heterocycles.